The predicted octanol–water partition coefficient (Wildman–Crippen LogP) is 1.62. The second-order valence-corrected chi connectivity index (χ2v) is 5.53. The van der Waals surface area contributed by atoms with Crippen LogP contribution in [0.4, 0.5) is 0 Å². The van der Waals surface area contributed by atoms with Gasteiger partial charge < -0.3 is 15.7 Å². The van der Waals surface area contributed by atoms with Gasteiger partial charge in [0, 0.05) is 19.3 Å². The van der Waals surface area contributed by atoms with Gasteiger partial charge >= 0.3 is 0 Å². The van der Waals surface area contributed by atoms with E-state index in [4.69, 9.17) is 5.73 Å². The number of nitrogens with zero attached hydrogens (tertiary/aromatic N) is 2. The number of amides is 1. The van der Waals surface area contributed by atoms with Crippen molar-refractivity contribution in [1.82, 2.24) is 9.88 Å². The Bertz CT molecular complexity index is 432. The maximum absolute atomic E-state index is 12.4. The molecule has 1 amide bonds. The van der Waals surface area contributed by atoms with Gasteiger partial charge in [-0.15, -0.1) is 0 Å². The summed E-state index contributed by atoms with van der Waals surface area (Å²) in [4.78, 5) is 18.0. The molecule has 5 nitrogen and oxygen atoms in total. The number of hydrogen-bond donors (Lipinski definition) is 2. The lowest BCUT2D eigenvalue weighted by molar-refractivity contribution is 0.0688. The summed E-state index contributed by atoms with van der Waals surface area (Å²) < 4.78 is 0. The Morgan fingerprint density at radius 2 is 2.16 bits per heavy atom. The van der Waals surface area contributed by atoms with Gasteiger partial charge in [0.25, 0.3) is 5.91 Å². The van der Waals surface area contributed by atoms with E-state index in [0.29, 0.717) is 25.2 Å². The van der Waals surface area contributed by atoms with Crippen LogP contribution in [0, 0.1) is 5.41 Å². The Morgan fingerprint density at radius 3 is 2.68 bits per heavy atom. The van der Waals surface area contributed by atoms with Gasteiger partial charge in [-0.3, -0.25) is 9.78 Å². The highest BCUT2D eigenvalue weighted by atomic mass is 16.3. The summed E-state index contributed by atoms with van der Waals surface area (Å²) in [6, 6.07) is 1.44. The molecule has 0 saturated carbocycles. The third-order valence-electron chi connectivity index (χ3n) is 2.92. The van der Waals surface area contributed by atoms with Crippen molar-refractivity contribution in [2.75, 3.05) is 19.6 Å². The molecule has 0 aliphatic carbocycles. The monoisotopic (exact) mass is 265 g/mol. The summed E-state index contributed by atoms with van der Waals surface area (Å²) in [5.41, 5.74) is 6.00. The van der Waals surface area contributed by atoms with Gasteiger partial charge in [0.15, 0.2) is 0 Å². The fourth-order valence-electron chi connectivity index (χ4n) is 1.83. The van der Waals surface area contributed by atoms with E-state index >= 15 is 0 Å². The first-order valence-electron chi connectivity index (χ1n) is 6.53. The molecular weight excluding hydrogens is 242 g/mol. The van der Waals surface area contributed by atoms with Gasteiger partial charge in [0.05, 0.1) is 11.8 Å². The summed E-state index contributed by atoms with van der Waals surface area (Å²) >= 11 is 0. The maximum Gasteiger partial charge on any atom is 0.255 e. The molecule has 106 valence electrons. The zero-order valence-electron chi connectivity index (χ0n) is 11.9. The summed E-state index contributed by atoms with van der Waals surface area (Å²) in [5.74, 6) is -0.118. The smallest absolute Gasteiger partial charge is 0.255 e. The minimum absolute atomic E-state index is 0.000355. The zero-order valence-corrected chi connectivity index (χ0v) is 11.9. The van der Waals surface area contributed by atoms with Crippen molar-refractivity contribution in [2.24, 2.45) is 11.1 Å². The lowest BCUT2D eigenvalue weighted by Crippen LogP contribution is -2.42. The van der Waals surface area contributed by atoms with Gasteiger partial charge in [0.2, 0.25) is 0 Å². The molecule has 3 N–H and O–H groups in total. The fraction of sp³-hybridized carbons (Fsp3) is 0.571. The molecule has 0 spiro atoms. The number of nitrogens with two attached hydrogens (primary N) is 1. The van der Waals surface area contributed by atoms with Crippen LogP contribution >= 0.6 is 0 Å². The lowest BCUT2D eigenvalue weighted by atomic mass is 9.92. The minimum Gasteiger partial charge on any atom is -0.506 e. The van der Waals surface area contributed by atoms with E-state index < -0.39 is 0 Å². The van der Waals surface area contributed by atoms with Crippen molar-refractivity contribution in [2.45, 2.75) is 27.2 Å². The van der Waals surface area contributed by atoms with Crippen LogP contribution in [0.3, 0.4) is 0 Å². The van der Waals surface area contributed by atoms with E-state index in [9.17, 15) is 9.90 Å². The molecule has 0 unspecified atom stereocenters. The highest BCUT2D eigenvalue weighted by Crippen LogP contribution is 2.18. The topological polar surface area (TPSA) is 79.5 Å². The van der Waals surface area contributed by atoms with E-state index in [0.717, 1.165) is 6.42 Å². The Hall–Kier alpha value is -1.62. The van der Waals surface area contributed by atoms with Crippen LogP contribution in [0.5, 0.6) is 5.75 Å². The third-order valence-corrected chi connectivity index (χ3v) is 2.92. The number of rotatable bonds is 6. The first kappa shape index (κ1) is 15.4. The van der Waals surface area contributed by atoms with E-state index in [1.165, 1.54) is 18.5 Å². The molecule has 0 radical (unpaired) electrons. The molecule has 0 aliphatic rings. The Morgan fingerprint density at radius 1 is 1.47 bits per heavy atom. The Balaban J connectivity index is 2.90. The van der Waals surface area contributed by atoms with E-state index in [1.54, 1.807) is 4.90 Å². The van der Waals surface area contributed by atoms with E-state index in [-0.39, 0.29) is 17.1 Å². The number of aromatic nitrogens is 1. The molecule has 0 aromatic carbocycles. The number of carbonyl (C=O) groups is 1. The second-order valence-electron chi connectivity index (χ2n) is 5.53. The Labute approximate surface area is 114 Å². The van der Waals surface area contributed by atoms with Crippen LogP contribution in [0.25, 0.3) is 0 Å². The molecule has 0 bridgehead atoms. The molecule has 0 aliphatic heterocycles. The normalized spacial score (nSPS) is 11.4. The molecule has 0 saturated heterocycles. The van der Waals surface area contributed by atoms with Crippen molar-refractivity contribution < 1.29 is 9.90 Å². The van der Waals surface area contributed by atoms with Gasteiger partial charge in [-0.25, -0.2) is 0 Å². The molecule has 1 heterocycles. The van der Waals surface area contributed by atoms with E-state index in [1.807, 2.05) is 20.8 Å². The van der Waals surface area contributed by atoms with Crippen LogP contribution in [-0.2, 0) is 0 Å². The van der Waals surface area contributed by atoms with Gasteiger partial charge in [-0.1, -0.05) is 20.8 Å². The molecule has 0 atom stereocenters. The van der Waals surface area contributed by atoms with Gasteiger partial charge in [-0.2, -0.15) is 0 Å². The third kappa shape index (κ3) is 4.52. The number of aromatic hydroxyl groups is 1. The average molecular weight is 265 g/mol. The standard InChI is InChI=1S/C14H23N3O2/c1-4-5-17(10-14(2,3)9-15)13(19)11-6-12(18)8-16-7-11/h6-8,18H,4-5,9-10,15H2,1-3H3. The Kier molecular flexibility index (Phi) is 5.30. The fourth-order valence-corrected chi connectivity index (χ4v) is 1.83. The maximum atomic E-state index is 12.4. The van der Waals surface area contributed by atoms with Crippen LogP contribution < -0.4 is 5.73 Å². The van der Waals surface area contributed by atoms with Crippen molar-refractivity contribution in [1.29, 1.82) is 0 Å². The lowest BCUT2D eigenvalue weighted by Gasteiger charge is -2.31. The van der Waals surface area contributed by atoms with Crippen molar-refractivity contribution in [3.8, 4) is 5.75 Å². The summed E-state index contributed by atoms with van der Waals surface area (Å²) in [7, 11) is 0. The van der Waals surface area contributed by atoms with Crippen LogP contribution in [0.2, 0.25) is 0 Å². The molecule has 1 rings (SSSR count). The first-order chi connectivity index (χ1) is 8.89. The molecular formula is C14H23N3O2. The number of hydrogen-bond acceptors (Lipinski definition) is 4. The number of carbonyl (C=O) groups excluding carboxylic acids is 1. The summed E-state index contributed by atoms with van der Waals surface area (Å²) in [5, 5.41) is 9.40. The average Bonchev–Trinajstić information content (AvgIpc) is 2.37. The van der Waals surface area contributed by atoms with Gasteiger partial charge in [-0.05, 0) is 24.4 Å². The summed E-state index contributed by atoms with van der Waals surface area (Å²) in [6.07, 6.45) is 3.66. The molecule has 1 aromatic rings. The first-order valence-corrected chi connectivity index (χ1v) is 6.53. The highest BCUT2D eigenvalue weighted by Gasteiger charge is 2.24. The van der Waals surface area contributed by atoms with E-state index in [2.05, 4.69) is 4.98 Å². The van der Waals surface area contributed by atoms with Crippen molar-refractivity contribution >= 4 is 5.91 Å². The summed E-state index contributed by atoms with van der Waals surface area (Å²) in [6.45, 7) is 7.85. The molecule has 0 fully saturated rings. The predicted molar refractivity (Wildman–Crippen MR) is 74.9 cm³/mol. The SMILES string of the molecule is CCCN(CC(C)(C)CN)C(=O)c1cncc(O)c1. The molecule has 5 heteroatoms. The van der Waals surface area contributed by atoms with Gasteiger partial charge in [0.1, 0.15) is 5.75 Å². The quantitative estimate of drug-likeness (QED) is 0.819. The van der Waals surface area contributed by atoms with Crippen LogP contribution in [0.15, 0.2) is 18.5 Å². The van der Waals surface area contributed by atoms with Crippen molar-refractivity contribution in [3.05, 3.63) is 24.0 Å². The second kappa shape index (κ2) is 6.52. The highest BCUT2D eigenvalue weighted by molar-refractivity contribution is 5.94. The van der Waals surface area contributed by atoms with Crippen LogP contribution in [0.1, 0.15) is 37.6 Å². The van der Waals surface area contributed by atoms with Crippen molar-refractivity contribution in [3.63, 3.8) is 0 Å². The minimum atomic E-state index is -0.130. The molecule has 1 aromatic heterocycles. The number of pyridine rings is 1. The van der Waals surface area contributed by atoms with Crippen LogP contribution in [-0.4, -0.2) is 40.5 Å². The molecule has 19 heavy (non-hydrogen) atoms. The largest absolute Gasteiger partial charge is 0.506 e. The zero-order chi connectivity index (χ0) is 14.5.